The number of nitrogens with one attached hydrogen (secondary N) is 1. The minimum absolute atomic E-state index is 0.523. The Bertz CT molecular complexity index is 470. The summed E-state index contributed by atoms with van der Waals surface area (Å²) in [6.07, 6.45) is 7.14. The summed E-state index contributed by atoms with van der Waals surface area (Å²) in [5.74, 6) is 1.22. The summed E-state index contributed by atoms with van der Waals surface area (Å²) in [5.41, 5.74) is 1.22. The fourth-order valence-electron chi connectivity index (χ4n) is 2.34. The molecule has 5 heteroatoms. The molecule has 0 spiro atoms. The van der Waals surface area contributed by atoms with Gasteiger partial charge in [-0.15, -0.1) is 0 Å². The lowest BCUT2D eigenvalue weighted by Gasteiger charge is -2.14. The van der Waals surface area contributed by atoms with E-state index in [0.717, 1.165) is 13.1 Å². The Balaban J connectivity index is 2.00. The lowest BCUT2D eigenvalue weighted by atomic mass is 9.99. The van der Waals surface area contributed by atoms with Crippen molar-refractivity contribution in [2.24, 2.45) is 0 Å². The Morgan fingerprint density at radius 2 is 2.31 bits per heavy atom. The predicted molar refractivity (Wildman–Crippen MR) is 60.2 cm³/mol. The molecule has 1 unspecified atom stereocenters. The summed E-state index contributed by atoms with van der Waals surface area (Å²) in [4.78, 5) is 8.31. The molecule has 2 aromatic heterocycles. The second kappa shape index (κ2) is 4.17. The van der Waals surface area contributed by atoms with E-state index in [1.165, 1.54) is 25.0 Å². The van der Waals surface area contributed by atoms with Crippen molar-refractivity contribution >= 4 is 5.78 Å². The van der Waals surface area contributed by atoms with Crippen LogP contribution in [0, 0.1) is 0 Å². The first-order valence-corrected chi connectivity index (χ1v) is 5.80. The van der Waals surface area contributed by atoms with Crippen LogP contribution in [0.1, 0.15) is 30.9 Å². The second-order valence-electron chi connectivity index (χ2n) is 4.24. The van der Waals surface area contributed by atoms with Gasteiger partial charge in [0.25, 0.3) is 5.78 Å². The Morgan fingerprint density at radius 1 is 1.31 bits per heavy atom. The third-order valence-electron chi connectivity index (χ3n) is 3.17. The number of hydrogen-bond donors (Lipinski definition) is 1. The summed E-state index contributed by atoms with van der Waals surface area (Å²) >= 11 is 0. The maximum absolute atomic E-state index is 4.24. The van der Waals surface area contributed by atoms with E-state index in [0.29, 0.717) is 11.7 Å². The van der Waals surface area contributed by atoms with Crippen molar-refractivity contribution in [2.45, 2.75) is 25.2 Å². The standard InChI is InChI=1S/C11H15N5/c1-2-5-12-7-9(3-1)10-4-6-13-11-14-8-15-16(10)11/h4,6,8-9,12H,1-3,5,7H2. The molecule has 1 aliphatic rings. The smallest absolute Gasteiger partial charge is 0.252 e. The molecule has 5 nitrogen and oxygen atoms in total. The van der Waals surface area contributed by atoms with Crippen LogP contribution >= 0.6 is 0 Å². The Kier molecular flexibility index (Phi) is 2.53. The van der Waals surface area contributed by atoms with Crippen molar-refractivity contribution in [2.75, 3.05) is 13.1 Å². The normalized spacial score (nSPS) is 22.1. The summed E-state index contributed by atoms with van der Waals surface area (Å²) in [5, 5.41) is 7.71. The van der Waals surface area contributed by atoms with Crippen LogP contribution in [0.15, 0.2) is 18.6 Å². The van der Waals surface area contributed by atoms with Crippen LogP contribution in [0.5, 0.6) is 0 Å². The van der Waals surface area contributed by atoms with Crippen LogP contribution in [-0.2, 0) is 0 Å². The molecule has 1 N–H and O–H groups in total. The van der Waals surface area contributed by atoms with Crippen molar-refractivity contribution in [3.63, 3.8) is 0 Å². The van der Waals surface area contributed by atoms with E-state index in [1.807, 2.05) is 10.7 Å². The number of nitrogens with zero attached hydrogens (tertiary/aromatic N) is 4. The minimum Gasteiger partial charge on any atom is -0.316 e. The van der Waals surface area contributed by atoms with E-state index in [-0.39, 0.29) is 0 Å². The van der Waals surface area contributed by atoms with Crippen LogP contribution in [0.2, 0.25) is 0 Å². The Hall–Kier alpha value is -1.49. The molecule has 0 bridgehead atoms. The molecule has 16 heavy (non-hydrogen) atoms. The highest BCUT2D eigenvalue weighted by Crippen LogP contribution is 2.22. The first kappa shape index (κ1) is 9.72. The highest BCUT2D eigenvalue weighted by atomic mass is 15.3. The SMILES string of the molecule is c1cc(C2CCCCNC2)n2ncnc2n1. The van der Waals surface area contributed by atoms with Gasteiger partial charge in [0.1, 0.15) is 6.33 Å². The lowest BCUT2D eigenvalue weighted by Crippen LogP contribution is -2.21. The number of hydrogen-bond acceptors (Lipinski definition) is 4. The summed E-state index contributed by atoms with van der Waals surface area (Å²) in [6, 6.07) is 2.05. The first-order valence-electron chi connectivity index (χ1n) is 5.80. The molecule has 1 atom stereocenters. The van der Waals surface area contributed by atoms with Gasteiger partial charge in [-0.3, -0.25) is 0 Å². The van der Waals surface area contributed by atoms with E-state index in [9.17, 15) is 0 Å². The zero-order chi connectivity index (χ0) is 10.8. The van der Waals surface area contributed by atoms with Crippen molar-refractivity contribution in [3.8, 4) is 0 Å². The molecule has 0 aromatic carbocycles. The average molecular weight is 217 g/mol. The average Bonchev–Trinajstić information content (AvgIpc) is 2.63. The third kappa shape index (κ3) is 1.67. The predicted octanol–water partition coefficient (Wildman–Crippen LogP) is 0.981. The van der Waals surface area contributed by atoms with Crippen LogP contribution in [0.4, 0.5) is 0 Å². The van der Waals surface area contributed by atoms with Crippen LogP contribution in [-0.4, -0.2) is 32.7 Å². The Labute approximate surface area is 93.9 Å². The second-order valence-corrected chi connectivity index (χ2v) is 4.24. The lowest BCUT2D eigenvalue weighted by molar-refractivity contribution is 0.577. The van der Waals surface area contributed by atoms with Crippen molar-refractivity contribution in [1.29, 1.82) is 0 Å². The van der Waals surface area contributed by atoms with Crippen LogP contribution < -0.4 is 5.32 Å². The zero-order valence-corrected chi connectivity index (χ0v) is 9.13. The minimum atomic E-state index is 0.523. The van der Waals surface area contributed by atoms with Gasteiger partial charge in [-0.1, -0.05) is 6.42 Å². The molecule has 84 valence electrons. The summed E-state index contributed by atoms with van der Waals surface area (Å²) in [6.45, 7) is 2.15. The van der Waals surface area contributed by atoms with Gasteiger partial charge >= 0.3 is 0 Å². The van der Waals surface area contributed by atoms with Gasteiger partial charge in [-0.25, -0.2) is 9.50 Å². The van der Waals surface area contributed by atoms with Gasteiger partial charge in [0, 0.05) is 18.7 Å². The van der Waals surface area contributed by atoms with Crippen LogP contribution in [0.25, 0.3) is 5.78 Å². The molecule has 2 aromatic rings. The highest BCUT2D eigenvalue weighted by Gasteiger charge is 2.17. The van der Waals surface area contributed by atoms with E-state index >= 15 is 0 Å². The molecule has 0 radical (unpaired) electrons. The van der Waals surface area contributed by atoms with Gasteiger partial charge in [0.15, 0.2) is 0 Å². The quantitative estimate of drug-likeness (QED) is 0.773. The molecule has 0 aliphatic carbocycles. The molecule has 0 amide bonds. The van der Waals surface area contributed by atoms with Crippen molar-refractivity contribution < 1.29 is 0 Å². The summed E-state index contributed by atoms with van der Waals surface area (Å²) in [7, 11) is 0. The van der Waals surface area contributed by atoms with E-state index < -0.39 is 0 Å². The third-order valence-corrected chi connectivity index (χ3v) is 3.17. The summed E-state index contributed by atoms with van der Waals surface area (Å²) < 4.78 is 1.86. The number of rotatable bonds is 1. The number of fused-ring (bicyclic) bond motifs is 1. The fraction of sp³-hybridized carbons (Fsp3) is 0.545. The van der Waals surface area contributed by atoms with Gasteiger partial charge in [-0.2, -0.15) is 10.1 Å². The maximum Gasteiger partial charge on any atom is 0.252 e. The highest BCUT2D eigenvalue weighted by molar-refractivity contribution is 5.28. The molecular formula is C11H15N5. The van der Waals surface area contributed by atoms with Gasteiger partial charge in [0.05, 0.1) is 5.69 Å². The van der Waals surface area contributed by atoms with Gasteiger partial charge in [0.2, 0.25) is 0 Å². The van der Waals surface area contributed by atoms with E-state index in [4.69, 9.17) is 0 Å². The van der Waals surface area contributed by atoms with Gasteiger partial charge in [-0.05, 0) is 25.5 Å². The zero-order valence-electron chi connectivity index (χ0n) is 9.13. The molecule has 1 saturated heterocycles. The largest absolute Gasteiger partial charge is 0.316 e. The topological polar surface area (TPSA) is 55.1 Å². The molecular weight excluding hydrogens is 202 g/mol. The van der Waals surface area contributed by atoms with Crippen molar-refractivity contribution in [1.82, 2.24) is 24.9 Å². The van der Waals surface area contributed by atoms with Crippen LogP contribution in [0.3, 0.4) is 0 Å². The molecule has 0 saturated carbocycles. The fourth-order valence-corrected chi connectivity index (χ4v) is 2.34. The first-order chi connectivity index (χ1) is 7.95. The van der Waals surface area contributed by atoms with Crippen molar-refractivity contribution in [3.05, 3.63) is 24.3 Å². The maximum atomic E-state index is 4.24. The molecule has 1 aliphatic heterocycles. The van der Waals surface area contributed by atoms with Gasteiger partial charge < -0.3 is 5.32 Å². The number of aromatic nitrogens is 4. The molecule has 1 fully saturated rings. The Morgan fingerprint density at radius 3 is 3.31 bits per heavy atom. The molecule has 3 heterocycles. The molecule has 3 rings (SSSR count). The van der Waals surface area contributed by atoms with E-state index in [2.05, 4.69) is 26.4 Å². The van der Waals surface area contributed by atoms with E-state index in [1.54, 1.807) is 6.33 Å². The monoisotopic (exact) mass is 217 g/mol.